The van der Waals surface area contributed by atoms with Crippen molar-refractivity contribution in [2.45, 2.75) is 31.2 Å². The van der Waals surface area contributed by atoms with Crippen LogP contribution in [0.1, 0.15) is 36.3 Å². The van der Waals surface area contributed by atoms with Gasteiger partial charge in [0.2, 0.25) is 0 Å². The SMILES string of the molecule is O=C(N[C@@H]1CC2CC1[C@H](CO)C2)OCC1c2ccccc2-c2ccccc21. The molecular weight excluding hydrogens is 338 g/mol. The summed E-state index contributed by atoms with van der Waals surface area (Å²) in [5, 5.41) is 12.6. The first kappa shape index (κ1) is 16.8. The number of aliphatic hydroxyl groups is 1. The molecule has 2 aromatic rings. The van der Waals surface area contributed by atoms with Crippen LogP contribution < -0.4 is 5.32 Å². The largest absolute Gasteiger partial charge is 0.449 e. The molecule has 2 fully saturated rings. The number of ether oxygens (including phenoxy) is 1. The Hall–Kier alpha value is -2.33. The first-order valence-corrected chi connectivity index (χ1v) is 9.97. The number of benzene rings is 2. The van der Waals surface area contributed by atoms with E-state index in [1.54, 1.807) is 0 Å². The van der Waals surface area contributed by atoms with Crippen molar-refractivity contribution >= 4 is 6.09 Å². The van der Waals surface area contributed by atoms with Crippen molar-refractivity contribution in [1.82, 2.24) is 5.32 Å². The van der Waals surface area contributed by atoms with Gasteiger partial charge in [-0.1, -0.05) is 48.5 Å². The molecule has 3 aliphatic rings. The van der Waals surface area contributed by atoms with Crippen molar-refractivity contribution in [3.8, 4) is 11.1 Å². The first-order chi connectivity index (χ1) is 13.2. The van der Waals surface area contributed by atoms with Crippen molar-refractivity contribution < 1.29 is 14.6 Å². The predicted octanol–water partition coefficient (Wildman–Crippen LogP) is 3.93. The van der Waals surface area contributed by atoms with E-state index in [-0.39, 0.29) is 24.7 Å². The van der Waals surface area contributed by atoms with Crippen molar-refractivity contribution in [2.75, 3.05) is 13.2 Å². The third-order valence-electron chi connectivity index (χ3n) is 6.83. The number of rotatable bonds is 4. The molecule has 1 amide bonds. The molecule has 140 valence electrons. The van der Waals surface area contributed by atoms with Crippen molar-refractivity contribution in [3.63, 3.8) is 0 Å². The lowest BCUT2D eigenvalue weighted by atomic mass is 9.86. The molecule has 5 rings (SSSR count). The normalized spacial score (nSPS) is 28.0. The van der Waals surface area contributed by atoms with Gasteiger partial charge in [0.1, 0.15) is 6.61 Å². The van der Waals surface area contributed by atoms with Gasteiger partial charge < -0.3 is 15.2 Å². The van der Waals surface area contributed by atoms with Crippen LogP contribution in [-0.2, 0) is 4.74 Å². The minimum atomic E-state index is -0.328. The Bertz CT molecular complexity index is 819. The lowest BCUT2D eigenvalue weighted by Crippen LogP contribution is -2.42. The highest BCUT2D eigenvalue weighted by Crippen LogP contribution is 2.48. The lowest BCUT2D eigenvalue weighted by Gasteiger charge is -2.28. The number of aliphatic hydroxyl groups excluding tert-OH is 1. The first-order valence-electron chi connectivity index (χ1n) is 9.97. The van der Waals surface area contributed by atoms with Gasteiger partial charge in [-0.2, -0.15) is 0 Å². The van der Waals surface area contributed by atoms with E-state index < -0.39 is 0 Å². The summed E-state index contributed by atoms with van der Waals surface area (Å²) < 4.78 is 5.67. The van der Waals surface area contributed by atoms with Crippen LogP contribution in [0.5, 0.6) is 0 Å². The Kier molecular flexibility index (Phi) is 4.16. The molecule has 0 aromatic heterocycles. The van der Waals surface area contributed by atoms with Crippen LogP contribution in [0.25, 0.3) is 11.1 Å². The average Bonchev–Trinajstić information content (AvgIpc) is 3.37. The minimum absolute atomic E-state index is 0.0911. The summed E-state index contributed by atoms with van der Waals surface area (Å²) in [6.45, 7) is 0.578. The fraction of sp³-hybridized carbons (Fsp3) is 0.435. The fourth-order valence-electron chi connectivity index (χ4n) is 5.66. The van der Waals surface area contributed by atoms with Crippen LogP contribution in [0.3, 0.4) is 0 Å². The van der Waals surface area contributed by atoms with Crippen LogP contribution in [0.2, 0.25) is 0 Å². The van der Waals surface area contributed by atoms with Crippen LogP contribution in [0.4, 0.5) is 4.79 Å². The summed E-state index contributed by atoms with van der Waals surface area (Å²) in [6.07, 6.45) is 2.92. The number of alkyl carbamates (subject to hydrolysis) is 1. The van der Waals surface area contributed by atoms with Crippen LogP contribution in [-0.4, -0.2) is 30.5 Å². The second-order valence-electron chi connectivity index (χ2n) is 8.26. The molecule has 2 unspecified atom stereocenters. The molecule has 0 aliphatic heterocycles. The van der Waals surface area contributed by atoms with Gasteiger partial charge in [-0.25, -0.2) is 4.79 Å². The predicted molar refractivity (Wildman–Crippen MR) is 103 cm³/mol. The van der Waals surface area contributed by atoms with Crippen LogP contribution in [0, 0.1) is 17.8 Å². The van der Waals surface area contributed by atoms with Crippen LogP contribution >= 0.6 is 0 Å². The number of hydrogen-bond donors (Lipinski definition) is 2. The van der Waals surface area contributed by atoms with E-state index in [4.69, 9.17) is 4.74 Å². The molecule has 3 aliphatic carbocycles. The highest BCUT2D eigenvalue weighted by Gasteiger charge is 2.46. The van der Waals surface area contributed by atoms with Gasteiger partial charge in [0.15, 0.2) is 0 Å². The Morgan fingerprint density at radius 3 is 2.30 bits per heavy atom. The third kappa shape index (κ3) is 2.83. The van der Waals surface area contributed by atoms with Crippen LogP contribution in [0.15, 0.2) is 48.5 Å². The second kappa shape index (κ2) is 6.68. The summed E-state index contributed by atoms with van der Waals surface area (Å²) in [5.41, 5.74) is 4.93. The monoisotopic (exact) mass is 363 g/mol. The number of nitrogens with one attached hydrogen (secondary N) is 1. The number of hydrogen-bond acceptors (Lipinski definition) is 3. The van der Waals surface area contributed by atoms with Gasteiger partial charge in [0.05, 0.1) is 0 Å². The maximum absolute atomic E-state index is 12.5. The van der Waals surface area contributed by atoms with Crippen molar-refractivity contribution in [1.29, 1.82) is 0 Å². The number of fused-ring (bicyclic) bond motifs is 5. The standard InChI is InChI=1S/C23H25NO3/c25-12-15-9-14-10-20(15)22(11-14)24-23(26)27-13-21-18-7-3-1-5-16(18)17-6-2-4-8-19(17)21/h1-8,14-15,20-22,25H,9-13H2,(H,24,26)/t14?,15-,20?,22+/m0/s1. The molecule has 0 spiro atoms. The van der Waals surface area contributed by atoms with Gasteiger partial charge in [-0.15, -0.1) is 0 Å². The molecular formula is C23H25NO3. The van der Waals surface area contributed by atoms with Gasteiger partial charge >= 0.3 is 6.09 Å². The molecule has 4 atom stereocenters. The number of carbonyl (C=O) groups excluding carboxylic acids is 1. The molecule has 27 heavy (non-hydrogen) atoms. The zero-order chi connectivity index (χ0) is 18.4. The van der Waals surface area contributed by atoms with Crippen molar-refractivity contribution in [2.24, 2.45) is 17.8 Å². The van der Waals surface area contributed by atoms with E-state index in [0.29, 0.717) is 24.4 Å². The van der Waals surface area contributed by atoms with E-state index in [1.807, 2.05) is 12.1 Å². The molecule has 4 nitrogen and oxygen atoms in total. The third-order valence-corrected chi connectivity index (χ3v) is 6.83. The highest BCUT2D eigenvalue weighted by molar-refractivity contribution is 5.79. The van der Waals surface area contributed by atoms with E-state index in [0.717, 1.165) is 19.3 Å². The summed E-state index contributed by atoms with van der Waals surface area (Å²) in [5.74, 6) is 1.47. The zero-order valence-corrected chi connectivity index (χ0v) is 15.3. The zero-order valence-electron chi connectivity index (χ0n) is 15.3. The van der Waals surface area contributed by atoms with Gasteiger partial charge in [-0.3, -0.25) is 0 Å². The Morgan fingerprint density at radius 2 is 1.67 bits per heavy atom. The smallest absolute Gasteiger partial charge is 0.407 e. The lowest BCUT2D eigenvalue weighted by molar-refractivity contribution is 0.120. The average molecular weight is 363 g/mol. The summed E-state index contributed by atoms with van der Waals surface area (Å²) in [4.78, 5) is 12.5. The van der Waals surface area contributed by atoms with E-state index in [9.17, 15) is 9.90 Å². The molecule has 0 saturated heterocycles. The summed E-state index contributed by atoms with van der Waals surface area (Å²) in [7, 11) is 0. The number of amides is 1. The Balaban J connectivity index is 1.26. The van der Waals surface area contributed by atoms with E-state index in [1.165, 1.54) is 22.3 Å². The summed E-state index contributed by atoms with van der Waals surface area (Å²) >= 11 is 0. The fourth-order valence-corrected chi connectivity index (χ4v) is 5.66. The maximum Gasteiger partial charge on any atom is 0.407 e. The second-order valence-corrected chi connectivity index (χ2v) is 8.26. The molecule has 0 heterocycles. The topological polar surface area (TPSA) is 58.6 Å². The quantitative estimate of drug-likeness (QED) is 0.865. The molecule has 0 radical (unpaired) electrons. The van der Waals surface area contributed by atoms with Gasteiger partial charge in [0.25, 0.3) is 0 Å². The highest BCUT2D eigenvalue weighted by atomic mass is 16.5. The van der Waals surface area contributed by atoms with E-state index in [2.05, 4.69) is 41.7 Å². The molecule has 2 saturated carbocycles. The van der Waals surface area contributed by atoms with Gasteiger partial charge in [-0.05, 0) is 59.3 Å². The van der Waals surface area contributed by atoms with Crippen molar-refractivity contribution in [3.05, 3.63) is 59.7 Å². The maximum atomic E-state index is 12.5. The molecule has 4 heteroatoms. The van der Waals surface area contributed by atoms with E-state index >= 15 is 0 Å². The Morgan fingerprint density at radius 1 is 1.00 bits per heavy atom. The molecule has 2 aromatic carbocycles. The van der Waals surface area contributed by atoms with Gasteiger partial charge in [0, 0.05) is 18.6 Å². The number of carbonyl (C=O) groups is 1. The molecule has 2 N–H and O–H groups in total. The summed E-state index contributed by atoms with van der Waals surface area (Å²) in [6, 6.07) is 16.9. The minimum Gasteiger partial charge on any atom is -0.449 e. The molecule has 2 bridgehead atoms. The Labute approximate surface area is 159 Å².